The maximum absolute atomic E-state index is 13.1. The van der Waals surface area contributed by atoms with Crippen molar-refractivity contribution >= 4 is 5.91 Å². The molecule has 6 nitrogen and oxygen atoms in total. The van der Waals surface area contributed by atoms with Crippen LogP contribution in [0.3, 0.4) is 0 Å². The smallest absolute Gasteiger partial charge is 0.332 e. The summed E-state index contributed by atoms with van der Waals surface area (Å²) in [5, 5.41) is 6.46. The SMILES string of the molecule is O=C(C1Cc2ccccc2C1)N1CCCCC1c1n[nH]c(=O)[nH]1. The molecule has 2 aliphatic rings. The topological polar surface area (TPSA) is 81.8 Å². The lowest BCUT2D eigenvalue weighted by atomic mass is 9.97. The number of carbonyl (C=O) groups is 1. The maximum atomic E-state index is 13.1. The molecule has 120 valence electrons. The largest absolute Gasteiger partial charge is 0.340 e. The number of amides is 1. The minimum Gasteiger partial charge on any atom is -0.332 e. The lowest BCUT2D eigenvalue weighted by Crippen LogP contribution is -2.42. The Bertz CT molecular complexity index is 754. The van der Waals surface area contributed by atoms with Gasteiger partial charge in [0.25, 0.3) is 0 Å². The van der Waals surface area contributed by atoms with E-state index in [2.05, 4.69) is 27.3 Å². The van der Waals surface area contributed by atoms with Gasteiger partial charge in [0.1, 0.15) is 0 Å². The number of hydrogen-bond donors (Lipinski definition) is 2. The van der Waals surface area contributed by atoms with Gasteiger partial charge in [0.05, 0.1) is 6.04 Å². The highest BCUT2D eigenvalue weighted by Gasteiger charge is 2.36. The fourth-order valence-electron chi connectivity index (χ4n) is 3.89. The van der Waals surface area contributed by atoms with Crippen LogP contribution in [0.2, 0.25) is 0 Å². The molecule has 0 bridgehead atoms. The number of likely N-dealkylation sites (tertiary alicyclic amines) is 1. The number of benzene rings is 1. The molecule has 6 heteroatoms. The average Bonchev–Trinajstić information content (AvgIpc) is 3.20. The van der Waals surface area contributed by atoms with Crippen molar-refractivity contribution < 1.29 is 4.79 Å². The van der Waals surface area contributed by atoms with Crippen molar-refractivity contribution in [2.75, 3.05) is 6.54 Å². The van der Waals surface area contributed by atoms with Crippen LogP contribution in [-0.2, 0) is 17.6 Å². The Kier molecular flexibility index (Phi) is 3.52. The number of nitrogens with zero attached hydrogens (tertiary/aromatic N) is 2. The van der Waals surface area contributed by atoms with Crippen molar-refractivity contribution in [2.45, 2.75) is 38.1 Å². The summed E-state index contributed by atoms with van der Waals surface area (Å²) in [6.07, 6.45) is 4.54. The zero-order chi connectivity index (χ0) is 15.8. The first kappa shape index (κ1) is 14.2. The molecule has 0 spiro atoms. The fraction of sp³-hybridized carbons (Fsp3) is 0.471. The second kappa shape index (κ2) is 5.68. The van der Waals surface area contributed by atoms with E-state index in [0.717, 1.165) is 38.6 Å². The zero-order valence-corrected chi connectivity index (χ0v) is 12.9. The molecule has 1 aromatic heterocycles. The molecule has 2 aromatic rings. The highest BCUT2D eigenvalue weighted by Crippen LogP contribution is 2.33. The summed E-state index contributed by atoms with van der Waals surface area (Å²) in [5.41, 5.74) is 2.26. The molecule has 1 atom stereocenters. The van der Waals surface area contributed by atoms with Crippen LogP contribution in [0.15, 0.2) is 29.1 Å². The second-order valence-corrected chi connectivity index (χ2v) is 6.48. The third-order valence-electron chi connectivity index (χ3n) is 5.02. The van der Waals surface area contributed by atoms with Crippen LogP contribution in [-0.4, -0.2) is 32.5 Å². The van der Waals surface area contributed by atoms with E-state index in [1.807, 2.05) is 17.0 Å². The summed E-state index contributed by atoms with van der Waals surface area (Å²) in [6.45, 7) is 0.741. The van der Waals surface area contributed by atoms with Gasteiger partial charge in [-0.1, -0.05) is 24.3 Å². The van der Waals surface area contributed by atoms with Gasteiger partial charge in [-0.3, -0.25) is 9.78 Å². The van der Waals surface area contributed by atoms with Crippen molar-refractivity contribution in [1.82, 2.24) is 20.1 Å². The van der Waals surface area contributed by atoms with Crippen molar-refractivity contribution in [1.29, 1.82) is 0 Å². The molecular weight excluding hydrogens is 292 g/mol. The van der Waals surface area contributed by atoms with Gasteiger partial charge < -0.3 is 4.90 Å². The molecule has 1 aromatic carbocycles. The standard InChI is InChI=1S/C17H20N4O2/c22-16(13-9-11-5-1-2-6-12(11)10-13)21-8-4-3-7-14(21)15-18-17(23)20-19-15/h1-2,5-6,13-14H,3-4,7-10H2,(H2,18,19,20,23). The van der Waals surface area contributed by atoms with Crippen LogP contribution >= 0.6 is 0 Å². The molecule has 1 saturated heterocycles. The van der Waals surface area contributed by atoms with Crippen molar-refractivity contribution in [2.24, 2.45) is 5.92 Å². The normalized spacial score (nSPS) is 21.4. The minimum absolute atomic E-state index is 0.0127. The van der Waals surface area contributed by atoms with Gasteiger partial charge in [0.15, 0.2) is 5.82 Å². The second-order valence-electron chi connectivity index (χ2n) is 6.48. The predicted octanol–water partition coefficient (Wildman–Crippen LogP) is 1.57. The Labute approximate surface area is 133 Å². The fourth-order valence-corrected chi connectivity index (χ4v) is 3.89. The molecule has 4 rings (SSSR count). The number of rotatable bonds is 2. The molecule has 23 heavy (non-hydrogen) atoms. The monoisotopic (exact) mass is 312 g/mol. The zero-order valence-electron chi connectivity index (χ0n) is 12.9. The number of aromatic nitrogens is 3. The number of nitrogens with one attached hydrogen (secondary N) is 2. The van der Waals surface area contributed by atoms with Gasteiger partial charge in [-0.05, 0) is 43.2 Å². The first-order chi connectivity index (χ1) is 11.2. The van der Waals surface area contributed by atoms with Crippen LogP contribution < -0.4 is 5.69 Å². The van der Waals surface area contributed by atoms with Crippen LogP contribution in [0.5, 0.6) is 0 Å². The van der Waals surface area contributed by atoms with Crippen molar-refractivity contribution in [3.63, 3.8) is 0 Å². The van der Waals surface area contributed by atoms with Crippen LogP contribution in [0.1, 0.15) is 42.3 Å². The van der Waals surface area contributed by atoms with Gasteiger partial charge in [-0.2, -0.15) is 5.10 Å². The van der Waals surface area contributed by atoms with E-state index in [1.54, 1.807) is 0 Å². The molecule has 0 radical (unpaired) electrons. The molecular formula is C17H20N4O2. The molecule has 2 N–H and O–H groups in total. The third-order valence-corrected chi connectivity index (χ3v) is 5.02. The molecule has 1 aliphatic carbocycles. The number of hydrogen-bond acceptors (Lipinski definition) is 3. The quantitative estimate of drug-likeness (QED) is 0.883. The summed E-state index contributed by atoms with van der Waals surface area (Å²) < 4.78 is 0. The highest BCUT2D eigenvalue weighted by molar-refractivity contribution is 5.81. The summed E-state index contributed by atoms with van der Waals surface area (Å²) in [5.74, 6) is 0.784. The summed E-state index contributed by atoms with van der Waals surface area (Å²) in [6, 6.07) is 8.18. The van der Waals surface area contributed by atoms with Gasteiger partial charge in [-0.25, -0.2) is 9.89 Å². The van der Waals surface area contributed by atoms with E-state index in [1.165, 1.54) is 11.1 Å². The van der Waals surface area contributed by atoms with Gasteiger partial charge in [0, 0.05) is 12.5 Å². The van der Waals surface area contributed by atoms with Crippen LogP contribution in [0.25, 0.3) is 0 Å². The van der Waals surface area contributed by atoms with Crippen LogP contribution in [0, 0.1) is 5.92 Å². The summed E-state index contributed by atoms with van der Waals surface area (Å²) in [7, 11) is 0. The van der Waals surface area contributed by atoms with E-state index in [0.29, 0.717) is 5.82 Å². The van der Waals surface area contributed by atoms with Crippen molar-refractivity contribution in [3.05, 3.63) is 51.7 Å². The van der Waals surface area contributed by atoms with Gasteiger partial charge in [-0.15, -0.1) is 0 Å². The highest BCUT2D eigenvalue weighted by atomic mass is 16.2. The maximum Gasteiger partial charge on any atom is 0.340 e. The van der Waals surface area contributed by atoms with Gasteiger partial charge in [0.2, 0.25) is 5.91 Å². The Morgan fingerprint density at radius 3 is 2.57 bits per heavy atom. The third kappa shape index (κ3) is 2.58. The first-order valence-corrected chi connectivity index (χ1v) is 8.24. The summed E-state index contributed by atoms with van der Waals surface area (Å²) in [4.78, 5) is 29.0. The lowest BCUT2D eigenvalue weighted by Gasteiger charge is -2.36. The van der Waals surface area contributed by atoms with E-state index in [4.69, 9.17) is 0 Å². The van der Waals surface area contributed by atoms with E-state index >= 15 is 0 Å². The van der Waals surface area contributed by atoms with E-state index in [9.17, 15) is 9.59 Å². The number of aromatic amines is 2. The Hall–Kier alpha value is -2.37. The molecule has 2 heterocycles. The first-order valence-electron chi connectivity index (χ1n) is 8.24. The molecule has 1 amide bonds. The average molecular weight is 312 g/mol. The molecule has 0 saturated carbocycles. The van der Waals surface area contributed by atoms with Crippen molar-refractivity contribution in [3.8, 4) is 0 Å². The Morgan fingerprint density at radius 2 is 1.91 bits per heavy atom. The Balaban J connectivity index is 1.56. The Morgan fingerprint density at radius 1 is 1.17 bits per heavy atom. The van der Waals surface area contributed by atoms with E-state index in [-0.39, 0.29) is 23.6 Å². The van der Waals surface area contributed by atoms with Crippen LogP contribution in [0.4, 0.5) is 0 Å². The lowest BCUT2D eigenvalue weighted by molar-refractivity contribution is -0.139. The van der Waals surface area contributed by atoms with Gasteiger partial charge >= 0.3 is 5.69 Å². The predicted molar refractivity (Wildman–Crippen MR) is 84.9 cm³/mol. The number of piperidine rings is 1. The molecule has 1 fully saturated rings. The number of H-pyrrole nitrogens is 2. The molecule has 1 aliphatic heterocycles. The number of carbonyl (C=O) groups excluding carboxylic acids is 1. The summed E-state index contributed by atoms with van der Waals surface area (Å²) >= 11 is 0. The molecule has 1 unspecified atom stereocenters. The minimum atomic E-state index is -0.314. The number of fused-ring (bicyclic) bond motifs is 1. The van der Waals surface area contributed by atoms with E-state index < -0.39 is 0 Å².